The maximum atomic E-state index is 12.3. The van der Waals surface area contributed by atoms with Gasteiger partial charge in [0.2, 0.25) is 6.04 Å². The Kier molecular flexibility index (Phi) is 6.12. The number of nitriles is 1. The van der Waals surface area contributed by atoms with Crippen LogP contribution in [0, 0.1) is 21.4 Å². The summed E-state index contributed by atoms with van der Waals surface area (Å²) in [7, 11) is 5.74. The van der Waals surface area contributed by atoms with Gasteiger partial charge in [0.05, 0.1) is 28.5 Å². The largest absolute Gasteiger partial charge is 0.363 e. The number of nitro groups is 1. The molecule has 1 aromatic carbocycles. The van der Waals surface area contributed by atoms with E-state index >= 15 is 0 Å². The first-order chi connectivity index (χ1) is 16.3. The average molecular weight is 458 g/mol. The average Bonchev–Trinajstić information content (AvgIpc) is 3.06. The van der Waals surface area contributed by atoms with Crippen molar-refractivity contribution in [3.05, 3.63) is 87.5 Å². The van der Waals surface area contributed by atoms with Gasteiger partial charge in [0.25, 0.3) is 0 Å². The van der Waals surface area contributed by atoms with E-state index in [1.54, 1.807) is 31.2 Å². The molecule has 1 aliphatic heterocycles. The standard InChI is InChI=1S/C26H27N5O3/c1-17(32)15-21-22(16-27)26(28(2)3)30(18-9-7-11-19(31(33)34)12-8-10-18)25-20-13-5-6-14-23(20)29(4)24(21)25/h5-9,11-14,19,21H,10,15H2,1-4H3/b11-7?,12-8-,18-9+. The van der Waals surface area contributed by atoms with E-state index < -0.39 is 6.04 Å². The van der Waals surface area contributed by atoms with Gasteiger partial charge in [-0.3, -0.25) is 19.8 Å². The number of nitrogens with zero attached hydrogens (tertiary/aromatic N) is 5. The molecule has 1 aliphatic carbocycles. The molecule has 2 unspecified atom stereocenters. The number of Topliss-reactive ketones (excluding diaryl/α,β-unsaturated/α-hetero) is 1. The molecule has 0 amide bonds. The highest BCUT2D eigenvalue weighted by Crippen LogP contribution is 2.50. The smallest absolute Gasteiger partial charge is 0.249 e. The molecule has 2 aromatic rings. The molecule has 1 aromatic heterocycles. The molecule has 2 heterocycles. The van der Waals surface area contributed by atoms with E-state index in [2.05, 4.69) is 21.6 Å². The Labute approximate surface area is 198 Å². The lowest BCUT2D eigenvalue weighted by atomic mass is 9.86. The van der Waals surface area contributed by atoms with E-state index in [1.165, 1.54) is 0 Å². The van der Waals surface area contributed by atoms with Crippen molar-refractivity contribution in [3.63, 3.8) is 0 Å². The van der Waals surface area contributed by atoms with Crippen molar-refractivity contribution < 1.29 is 9.72 Å². The molecule has 0 N–H and O–H groups in total. The van der Waals surface area contributed by atoms with Crippen molar-refractivity contribution >= 4 is 22.4 Å². The van der Waals surface area contributed by atoms with Gasteiger partial charge in [-0.05, 0) is 31.2 Å². The number of allylic oxidation sites excluding steroid dienone is 4. The highest BCUT2D eigenvalue weighted by Gasteiger charge is 2.39. The normalized spacial score (nSPS) is 22.3. The summed E-state index contributed by atoms with van der Waals surface area (Å²) >= 11 is 0. The SMILES string of the molecule is CC(=O)CC1C(C#N)=C(N(C)C)N(/C2=C/C=CC([N+](=O)[O-])/C=C\C2)c2c1n(C)c1ccccc21. The lowest BCUT2D eigenvalue weighted by molar-refractivity contribution is -0.496. The Bertz CT molecular complexity index is 1340. The predicted octanol–water partition coefficient (Wildman–Crippen LogP) is 4.40. The summed E-state index contributed by atoms with van der Waals surface area (Å²) in [5, 5.41) is 22.6. The number of hydrogen-bond donors (Lipinski definition) is 0. The number of rotatable bonds is 5. The summed E-state index contributed by atoms with van der Waals surface area (Å²) in [5.41, 5.74) is 4.26. The van der Waals surface area contributed by atoms with Gasteiger partial charge in [-0.1, -0.05) is 30.4 Å². The second kappa shape index (κ2) is 9.02. The molecule has 34 heavy (non-hydrogen) atoms. The molecule has 8 heteroatoms. The fourth-order valence-corrected chi connectivity index (χ4v) is 4.93. The lowest BCUT2D eigenvalue weighted by Gasteiger charge is -2.40. The van der Waals surface area contributed by atoms with E-state index in [4.69, 9.17) is 0 Å². The number of aryl methyl sites for hydroxylation is 1. The second-order valence-electron chi connectivity index (χ2n) is 8.80. The third-order valence-corrected chi connectivity index (χ3v) is 6.30. The van der Waals surface area contributed by atoms with Gasteiger partial charge in [0.1, 0.15) is 11.6 Å². The fraction of sp³-hybridized carbons (Fsp3) is 0.308. The fourth-order valence-electron chi connectivity index (χ4n) is 4.93. The van der Waals surface area contributed by atoms with Crippen LogP contribution in [0.1, 0.15) is 31.4 Å². The van der Waals surface area contributed by atoms with Crippen LogP contribution in [0.5, 0.6) is 0 Å². The number of fused-ring (bicyclic) bond motifs is 3. The van der Waals surface area contributed by atoms with Crippen LogP contribution in [0.4, 0.5) is 5.69 Å². The van der Waals surface area contributed by atoms with E-state index in [1.807, 2.05) is 50.3 Å². The maximum absolute atomic E-state index is 12.3. The first-order valence-electron chi connectivity index (χ1n) is 11.1. The van der Waals surface area contributed by atoms with Crippen molar-refractivity contribution in [1.82, 2.24) is 9.47 Å². The summed E-state index contributed by atoms with van der Waals surface area (Å²) in [6.07, 6.45) is 9.19. The van der Waals surface area contributed by atoms with Crippen molar-refractivity contribution in [2.75, 3.05) is 19.0 Å². The first-order valence-corrected chi connectivity index (χ1v) is 11.1. The molecule has 2 aliphatic rings. The van der Waals surface area contributed by atoms with Gasteiger partial charge in [-0.15, -0.1) is 0 Å². The predicted molar refractivity (Wildman–Crippen MR) is 132 cm³/mol. The zero-order chi connectivity index (χ0) is 24.6. The van der Waals surface area contributed by atoms with Gasteiger partial charge in [0.15, 0.2) is 0 Å². The van der Waals surface area contributed by atoms with Crippen LogP contribution in [0.15, 0.2) is 71.7 Å². The Morgan fingerprint density at radius 1 is 1.29 bits per heavy atom. The zero-order valence-electron chi connectivity index (χ0n) is 19.7. The number of aromatic nitrogens is 1. The van der Waals surface area contributed by atoms with E-state index in [9.17, 15) is 20.2 Å². The zero-order valence-corrected chi connectivity index (χ0v) is 19.7. The number of carbonyl (C=O) groups is 1. The molecule has 8 nitrogen and oxygen atoms in total. The topological polar surface area (TPSA) is 95.4 Å². The van der Waals surface area contributed by atoms with Gasteiger partial charge < -0.3 is 9.47 Å². The lowest BCUT2D eigenvalue weighted by Crippen LogP contribution is -2.37. The number of hydrogen-bond acceptors (Lipinski definition) is 6. The summed E-state index contributed by atoms with van der Waals surface area (Å²) in [4.78, 5) is 27.2. The minimum atomic E-state index is -0.870. The molecule has 174 valence electrons. The number of para-hydroxylation sites is 1. The van der Waals surface area contributed by atoms with Crippen LogP contribution in [-0.4, -0.2) is 40.3 Å². The summed E-state index contributed by atoms with van der Waals surface area (Å²) in [6.45, 7) is 1.55. The minimum absolute atomic E-state index is 0.0161. The van der Waals surface area contributed by atoms with Crippen LogP contribution in [0.25, 0.3) is 10.9 Å². The summed E-state index contributed by atoms with van der Waals surface area (Å²) < 4.78 is 2.08. The molecule has 4 rings (SSSR count). The molecule has 0 bridgehead atoms. The van der Waals surface area contributed by atoms with Crippen molar-refractivity contribution in [2.45, 2.75) is 31.7 Å². The monoisotopic (exact) mass is 457 g/mol. The molecule has 0 radical (unpaired) electrons. The van der Waals surface area contributed by atoms with E-state index in [-0.39, 0.29) is 23.0 Å². The minimum Gasteiger partial charge on any atom is -0.363 e. The second-order valence-corrected chi connectivity index (χ2v) is 8.80. The van der Waals surface area contributed by atoms with Crippen molar-refractivity contribution in [2.24, 2.45) is 7.05 Å². The Morgan fingerprint density at radius 3 is 2.68 bits per heavy atom. The highest BCUT2D eigenvalue weighted by molar-refractivity contribution is 5.99. The summed E-state index contributed by atoms with van der Waals surface area (Å²) in [6, 6.07) is 9.57. The van der Waals surface area contributed by atoms with Gasteiger partial charge in [0, 0.05) is 55.9 Å². The molecular weight excluding hydrogens is 430 g/mol. The first kappa shape index (κ1) is 23.1. The van der Waals surface area contributed by atoms with Crippen LogP contribution < -0.4 is 4.90 Å². The van der Waals surface area contributed by atoms with Gasteiger partial charge in [-0.2, -0.15) is 5.26 Å². The Morgan fingerprint density at radius 2 is 2.03 bits per heavy atom. The van der Waals surface area contributed by atoms with E-state index in [0.29, 0.717) is 17.8 Å². The third-order valence-electron chi connectivity index (χ3n) is 6.30. The number of ketones is 1. The Hall–Kier alpha value is -4.12. The van der Waals surface area contributed by atoms with Crippen LogP contribution >= 0.6 is 0 Å². The van der Waals surface area contributed by atoms with Crippen molar-refractivity contribution in [3.8, 4) is 6.07 Å². The summed E-state index contributed by atoms with van der Waals surface area (Å²) in [5.74, 6) is 0.349. The number of anilines is 1. The van der Waals surface area contributed by atoms with Gasteiger partial charge >= 0.3 is 0 Å². The van der Waals surface area contributed by atoms with E-state index in [0.717, 1.165) is 28.0 Å². The van der Waals surface area contributed by atoms with Crippen LogP contribution in [0.3, 0.4) is 0 Å². The molecule has 0 fully saturated rings. The van der Waals surface area contributed by atoms with Crippen LogP contribution in [-0.2, 0) is 11.8 Å². The van der Waals surface area contributed by atoms with Gasteiger partial charge in [-0.25, -0.2) is 0 Å². The Balaban J connectivity index is 2.04. The molecule has 2 atom stereocenters. The number of carbonyl (C=O) groups excluding carboxylic acids is 1. The molecule has 0 saturated carbocycles. The number of benzene rings is 1. The molecule has 0 saturated heterocycles. The third kappa shape index (κ3) is 3.79. The highest BCUT2D eigenvalue weighted by atomic mass is 16.6. The van der Waals surface area contributed by atoms with Crippen LogP contribution in [0.2, 0.25) is 0 Å². The molecule has 0 spiro atoms. The molecular formula is C26H27N5O3. The quantitative estimate of drug-likeness (QED) is 0.375. The maximum Gasteiger partial charge on any atom is 0.249 e. The van der Waals surface area contributed by atoms with Crippen molar-refractivity contribution in [1.29, 1.82) is 5.26 Å².